The third kappa shape index (κ3) is 6.73. The standard InChI is InChI=1S/C22H31N3O6S/c23-9-10-25(27)22(26)21-4-2-1-3-18(21)17-32(28,29)20-7-5-19(6-8-20)31-16-13-24-11-14-30-15-12-24/h5-8,18,21,25H,1-4,10-17H2/t18-,21+/m0/s1. The quantitative estimate of drug-likeness (QED) is 0.411. The molecule has 1 aromatic carbocycles. The van der Waals surface area contributed by atoms with Gasteiger partial charge in [-0.05, 0) is 43.0 Å². The number of nitrogens with one attached hydrogen (secondary N) is 1. The summed E-state index contributed by atoms with van der Waals surface area (Å²) in [6.07, 6.45) is 2.68. The monoisotopic (exact) mass is 465 g/mol. The molecule has 1 N–H and O–H groups in total. The highest BCUT2D eigenvalue weighted by atomic mass is 32.2. The molecule has 1 saturated carbocycles. The van der Waals surface area contributed by atoms with Crippen molar-refractivity contribution in [3.8, 4) is 11.8 Å². The summed E-state index contributed by atoms with van der Waals surface area (Å²) < 4.78 is 37.0. The summed E-state index contributed by atoms with van der Waals surface area (Å²) in [5.74, 6) is -1.21. The van der Waals surface area contributed by atoms with Crippen molar-refractivity contribution in [3.63, 3.8) is 0 Å². The first-order chi connectivity index (χ1) is 15.4. The second-order valence-corrected chi connectivity index (χ2v) is 10.4. The first kappa shape index (κ1) is 24.6. The van der Waals surface area contributed by atoms with E-state index in [4.69, 9.17) is 14.7 Å². The van der Waals surface area contributed by atoms with Crippen LogP contribution in [0, 0.1) is 28.4 Å². The number of ether oxygens (including phenoxy) is 2. The number of rotatable bonds is 9. The molecular formula is C22H31N3O6S. The zero-order valence-corrected chi connectivity index (χ0v) is 19.0. The third-order valence-corrected chi connectivity index (χ3v) is 8.01. The normalized spacial score (nSPS) is 23.2. The van der Waals surface area contributed by atoms with Crippen molar-refractivity contribution in [3.05, 3.63) is 29.5 Å². The van der Waals surface area contributed by atoms with E-state index in [-0.39, 0.29) is 10.6 Å². The molecule has 1 saturated heterocycles. The molecule has 1 amide bonds. The lowest BCUT2D eigenvalue weighted by Crippen LogP contribution is -3.11. The molecule has 32 heavy (non-hydrogen) atoms. The summed E-state index contributed by atoms with van der Waals surface area (Å²) >= 11 is 0. The average molecular weight is 466 g/mol. The van der Waals surface area contributed by atoms with Crippen LogP contribution in [0.4, 0.5) is 0 Å². The highest BCUT2D eigenvalue weighted by molar-refractivity contribution is 7.91. The fourth-order valence-electron chi connectivity index (χ4n) is 4.36. The predicted octanol–water partition coefficient (Wildman–Crippen LogP) is 0.411. The van der Waals surface area contributed by atoms with Gasteiger partial charge in [-0.15, -0.1) is 0 Å². The van der Waals surface area contributed by atoms with Crippen molar-refractivity contribution < 1.29 is 27.7 Å². The topological polar surface area (TPSA) is 124 Å². The van der Waals surface area contributed by atoms with Crippen LogP contribution < -0.4 is 9.80 Å². The van der Waals surface area contributed by atoms with Crippen LogP contribution in [-0.4, -0.2) is 71.0 Å². The summed E-state index contributed by atoms with van der Waals surface area (Å²) in [5.41, 5.74) is 0. The number of carbonyl (C=O) groups excluding carboxylic acids is 1. The summed E-state index contributed by atoms with van der Waals surface area (Å²) in [5, 5.41) is 19.9. The molecule has 1 aliphatic carbocycles. The van der Waals surface area contributed by atoms with E-state index in [1.165, 1.54) is 12.1 Å². The molecule has 0 radical (unpaired) electrons. The maximum absolute atomic E-state index is 13.0. The summed E-state index contributed by atoms with van der Waals surface area (Å²) in [6.45, 7) is 4.06. The van der Waals surface area contributed by atoms with Gasteiger partial charge in [-0.3, -0.25) is 9.96 Å². The van der Waals surface area contributed by atoms with Crippen LogP contribution in [0.25, 0.3) is 0 Å². The van der Waals surface area contributed by atoms with E-state index in [2.05, 4.69) is 4.90 Å². The van der Waals surface area contributed by atoms with Crippen LogP contribution in [0.15, 0.2) is 29.2 Å². The molecule has 2 aliphatic rings. The van der Waals surface area contributed by atoms with Gasteiger partial charge in [0.15, 0.2) is 16.4 Å². The number of hydroxylamine groups is 2. The molecule has 0 spiro atoms. The molecule has 1 aliphatic heterocycles. The van der Waals surface area contributed by atoms with Gasteiger partial charge >= 0.3 is 5.91 Å². The number of nitrogens with zero attached hydrogens (tertiary/aromatic N) is 2. The highest BCUT2D eigenvalue weighted by Gasteiger charge is 2.37. The maximum Gasteiger partial charge on any atom is 0.316 e. The highest BCUT2D eigenvalue weighted by Crippen LogP contribution is 2.32. The minimum absolute atomic E-state index is 0.179. The van der Waals surface area contributed by atoms with Gasteiger partial charge in [0.05, 0.1) is 29.8 Å². The summed E-state index contributed by atoms with van der Waals surface area (Å²) in [6, 6.07) is 8.05. The number of hydrogen-bond donors (Lipinski definition) is 1. The number of sulfone groups is 1. The van der Waals surface area contributed by atoms with E-state index in [9.17, 15) is 18.4 Å². The fraction of sp³-hybridized carbons (Fsp3) is 0.636. The largest absolute Gasteiger partial charge is 0.626 e. The molecular weight excluding hydrogens is 434 g/mol. The Bertz CT molecular complexity index is 893. The third-order valence-electron chi connectivity index (χ3n) is 6.16. The average Bonchev–Trinajstić information content (AvgIpc) is 2.80. The zero-order valence-electron chi connectivity index (χ0n) is 18.2. The van der Waals surface area contributed by atoms with Gasteiger partial charge in [0.1, 0.15) is 18.4 Å². The number of carbonyl (C=O) groups is 1. The minimum atomic E-state index is -3.62. The number of hydrogen-bond acceptors (Lipinski definition) is 8. The SMILES string of the molecule is N#CC[NH+]([O-])C(=O)[C@@H]1CCCC[C@H]1CS(=O)(=O)c1ccc(OCCN2CCOCC2)cc1. The molecule has 1 aromatic rings. The molecule has 0 aromatic heterocycles. The van der Waals surface area contributed by atoms with Crippen molar-refractivity contribution in [2.75, 3.05) is 51.8 Å². The second-order valence-electron chi connectivity index (χ2n) is 8.33. The maximum atomic E-state index is 13.0. The van der Waals surface area contributed by atoms with E-state index in [1.54, 1.807) is 18.2 Å². The zero-order chi connectivity index (χ0) is 23.0. The molecule has 3 atom stereocenters. The second kappa shape index (κ2) is 11.7. The molecule has 0 bridgehead atoms. The number of benzene rings is 1. The summed E-state index contributed by atoms with van der Waals surface area (Å²) in [4.78, 5) is 14.9. The van der Waals surface area contributed by atoms with Crippen LogP contribution in [0.2, 0.25) is 0 Å². The van der Waals surface area contributed by atoms with Crippen LogP contribution in [0.3, 0.4) is 0 Å². The van der Waals surface area contributed by atoms with Crippen molar-refractivity contribution in [1.29, 1.82) is 5.26 Å². The Balaban J connectivity index is 1.57. The summed E-state index contributed by atoms with van der Waals surface area (Å²) in [7, 11) is -3.62. The van der Waals surface area contributed by atoms with E-state index in [0.717, 1.165) is 45.7 Å². The van der Waals surface area contributed by atoms with E-state index >= 15 is 0 Å². The molecule has 1 heterocycles. The number of quaternary nitrogens is 1. The predicted molar refractivity (Wildman–Crippen MR) is 117 cm³/mol. The van der Waals surface area contributed by atoms with Gasteiger partial charge in [-0.1, -0.05) is 12.8 Å². The van der Waals surface area contributed by atoms with E-state index < -0.39 is 39.2 Å². The first-order valence-corrected chi connectivity index (χ1v) is 12.8. The van der Waals surface area contributed by atoms with Crippen LogP contribution in [0.5, 0.6) is 5.75 Å². The Hall–Kier alpha value is -2.03. The Morgan fingerprint density at radius 3 is 2.59 bits per heavy atom. The molecule has 10 heteroatoms. The lowest BCUT2D eigenvalue weighted by Gasteiger charge is -2.32. The number of morpholine rings is 1. The van der Waals surface area contributed by atoms with Crippen molar-refractivity contribution >= 4 is 15.7 Å². The van der Waals surface area contributed by atoms with E-state index in [0.29, 0.717) is 25.2 Å². The van der Waals surface area contributed by atoms with Crippen molar-refractivity contribution in [1.82, 2.24) is 4.90 Å². The van der Waals surface area contributed by atoms with Gasteiger partial charge < -0.3 is 14.7 Å². The van der Waals surface area contributed by atoms with Crippen LogP contribution in [-0.2, 0) is 19.4 Å². The van der Waals surface area contributed by atoms with Crippen LogP contribution >= 0.6 is 0 Å². The Morgan fingerprint density at radius 2 is 1.91 bits per heavy atom. The van der Waals surface area contributed by atoms with Crippen LogP contribution in [0.1, 0.15) is 25.7 Å². The fourth-order valence-corrected chi connectivity index (χ4v) is 6.06. The lowest BCUT2D eigenvalue weighted by molar-refractivity contribution is -0.758. The van der Waals surface area contributed by atoms with Gasteiger partial charge in [0.25, 0.3) is 0 Å². The van der Waals surface area contributed by atoms with E-state index in [1.807, 2.05) is 0 Å². The molecule has 1 unspecified atom stereocenters. The Labute approximate surface area is 189 Å². The van der Waals surface area contributed by atoms with Gasteiger partial charge in [0.2, 0.25) is 0 Å². The van der Waals surface area contributed by atoms with Gasteiger partial charge in [-0.2, -0.15) is 5.26 Å². The van der Waals surface area contributed by atoms with Crippen molar-refractivity contribution in [2.45, 2.75) is 30.6 Å². The number of amides is 1. The van der Waals surface area contributed by atoms with Crippen molar-refractivity contribution in [2.24, 2.45) is 11.8 Å². The first-order valence-electron chi connectivity index (χ1n) is 11.1. The Morgan fingerprint density at radius 1 is 1.22 bits per heavy atom. The molecule has 3 rings (SSSR count). The molecule has 176 valence electrons. The lowest BCUT2D eigenvalue weighted by atomic mass is 9.79. The Kier molecular flexibility index (Phi) is 9.02. The number of nitriles is 1. The van der Waals surface area contributed by atoms with Gasteiger partial charge in [-0.25, -0.2) is 13.2 Å². The van der Waals surface area contributed by atoms with Gasteiger partial charge in [0, 0.05) is 19.6 Å². The minimum Gasteiger partial charge on any atom is -0.626 e. The smallest absolute Gasteiger partial charge is 0.316 e. The molecule has 2 fully saturated rings. The molecule has 9 nitrogen and oxygen atoms in total.